The molecule has 0 radical (unpaired) electrons. The molecule has 0 aromatic heterocycles. The number of esters is 1. The predicted octanol–water partition coefficient (Wildman–Crippen LogP) is 3.61. The highest BCUT2D eigenvalue weighted by Gasteiger charge is 2.29. The highest BCUT2D eigenvalue weighted by molar-refractivity contribution is 5.95. The van der Waals surface area contributed by atoms with Crippen molar-refractivity contribution in [3.63, 3.8) is 0 Å². The molecule has 0 spiro atoms. The minimum atomic E-state index is -0.232. The second-order valence-electron chi connectivity index (χ2n) is 4.72. The Balaban J connectivity index is 2.39. The molecule has 1 aromatic carbocycles. The Labute approximate surface area is 108 Å². The smallest absolute Gasteiger partial charge is 0.337 e. The summed E-state index contributed by atoms with van der Waals surface area (Å²) in [5.74, 6) is 0.0509. The molecule has 0 saturated carbocycles. The Hall–Kier alpha value is -1.83. The quantitative estimate of drug-likeness (QED) is 0.740. The second kappa shape index (κ2) is 5.21. The summed E-state index contributed by atoms with van der Waals surface area (Å²) in [7, 11) is 1.43. The Kier molecular flexibility index (Phi) is 3.66. The van der Waals surface area contributed by atoms with Crippen LogP contribution in [0.3, 0.4) is 0 Å². The van der Waals surface area contributed by atoms with Gasteiger partial charge in [0.2, 0.25) is 0 Å². The molecule has 1 aliphatic rings. The van der Waals surface area contributed by atoms with Crippen molar-refractivity contribution in [1.82, 2.24) is 0 Å². The Morgan fingerprint density at radius 3 is 2.44 bits per heavy atom. The molecule has 1 aromatic rings. The fraction of sp³-hybridized carbons (Fsp3) is 0.312. The highest BCUT2D eigenvalue weighted by atomic mass is 16.5. The van der Waals surface area contributed by atoms with Gasteiger partial charge < -0.3 is 4.74 Å². The molecular formula is C16H18O2. The van der Waals surface area contributed by atoms with Crippen LogP contribution in [0.15, 0.2) is 53.1 Å². The SMILES string of the molecule is COC(=O)C1=CCC(c2ccccc2)C1=C(C)C. The average molecular weight is 242 g/mol. The first-order valence-corrected chi connectivity index (χ1v) is 6.16. The number of methoxy groups -OCH3 is 1. The minimum Gasteiger partial charge on any atom is -0.465 e. The van der Waals surface area contributed by atoms with Crippen LogP contribution in [-0.4, -0.2) is 13.1 Å². The van der Waals surface area contributed by atoms with Gasteiger partial charge in [0.05, 0.1) is 12.7 Å². The summed E-state index contributed by atoms with van der Waals surface area (Å²) in [5.41, 5.74) is 4.28. The van der Waals surface area contributed by atoms with Crippen LogP contribution in [0.2, 0.25) is 0 Å². The standard InChI is InChI=1S/C16H18O2/c1-11(2)15-13(12-7-5-4-6-8-12)9-10-14(15)16(17)18-3/h4-8,10,13H,9H2,1-3H3. The normalized spacial score (nSPS) is 18.5. The molecule has 0 fully saturated rings. The van der Waals surface area contributed by atoms with Crippen LogP contribution in [0.4, 0.5) is 0 Å². The van der Waals surface area contributed by atoms with E-state index in [2.05, 4.69) is 12.1 Å². The fourth-order valence-electron chi connectivity index (χ4n) is 2.56. The maximum Gasteiger partial charge on any atom is 0.337 e. The molecule has 1 aliphatic carbocycles. The lowest BCUT2D eigenvalue weighted by molar-refractivity contribution is -0.135. The van der Waals surface area contributed by atoms with Gasteiger partial charge in [0.25, 0.3) is 0 Å². The second-order valence-corrected chi connectivity index (χ2v) is 4.72. The van der Waals surface area contributed by atoms with Crippen molar-refractivity contribution in [2.45, 2.75) is 26.2 Å². The van der Waals surface area contributed by atoms with Crippen molar-refractivity contribution in [3.05, 3.63) is 58.7 Å². The van der Waals surface area contributed by atoms with Crippen molar-refractivity contribution in [2.75, 3.05) is 7.11 Å². The zero-order chi connectivity index (χ0) is 13.1. The van der Waals surface area contributed by atoms with Gasteiger partial charge >= 0.3 is 5.97 Å². The first-order chi connectivity index (χ1) is 8.65. The molecule has 2 nitrogen and oxygen atoms in total. The third kappa shape index (κ3) is 2.23. The van der Waals surface area contributed by atoms with Crippen LogP contribution in [0.25, 0.3) is 0 Å². The van der Waals surface area contributed by atoms with E-state index < -0.39 is 0 Å². The first-order valence-electron chi connectivity index (χ1n) is 6.16. The lowest BCUT2D eigenvalue weighted by atomic mass is 9.88. The summed E-state index contributed by atoms with van der Waals surface area (Å²) in [5, 5.41) is 0. The lowest BCUT2D eigenvalue weighted by Crippen LogP contribution is -2.09. The van der Waals surface area contributed by atoms with Gasteiger partial charge in [0.15, 0.2) is 0 Å². The zero-order valence-electron chi connectivity index (χ0n) is 11.1. The van der Waals surface area contributed by atoms with E-state index in [0.29, 0.717) is 0 Å². The Morgan fingerprint density at radius 1 is 1.22 bits per heavy atom. The van der Waals surface area contributed by atoms with Gasteiger partial charge in [-0.2, -0.15) is 0 Å². The average Bonchev–Trinajstić information content (AvgIpc) is 2.83. The number of rotatable bonds is 2. The highest BCUT2D eigenvalue weighted by Crippen LogP contribution is 2.41. The molecular weight excluding hydrogens is 224 g/mol. The molecule has 2 rings (SSSR count). The molecule has 94 valence electrons. The van der Waals surface area contributed by atoms with Crippen LogP contribution in [-0.2, 0) is 9.53 Å². The summed E-state index contributed by atoms with van der Waals surface area (Å²) in [6.07, 6.45) is 2.86. The van der Waals surface area contributed by atoms with Gasteiger partial charge in [-0.1, -0.05) is 42.0 Å². The molecule has 0 bridgehead atoms. The van der Waals surface area contributed by atoms with Gasteiger partial charge in [0, 0.05) is 5.92 Å². The summed E-state index contributed by atoms with van der Waals surface area (Å²) in [6, 6.07) is 10.3. The molecule has 18 heavy (non-hydrogen) atoms. The molecule has 1 unspecified atom stereocenters. The van der Waals surface area contributed by atoms with E-state index in [9.17, 15) is 4.79 Å². The summed E-state index contributed by atoms with van der Waals surface area (Å²) in [4.78, 5) is 11.8. The number of hydrogen-bond acceptors (Lipinski definition) is 2. The molecule has 2 heteroatoms. The molecule has 0 heterocycles. The van der Waals surface area contributed by atoms with Crippen LogP contribution >= 0.6 is 0 Å². The molecule has 0 amide bonds. The van der Waals surface area contributed by atoms with Crippen LogP contribution in [0, 0.1) is 0 Å². The third-order valence-electron chi connectivity index (χ3n) is 3.34. The fourth-order valence-corrected chi connectivity index (χ4v) is 2.56. The first kappa shape index (κ1) is 12.6. The van der Waals surface area contributed by atoms with E-state index in [1.54, 1.807) is 0 Å². The van der Waals surface area contributed by atoms with E-state index in [-0.39, 0.29) is 11.9 Å². The maximum absolute atomic E-state index is 11.8. The number of carbonyl (C=O) groups is 1. The predicted molar refractivity (Wildman–Crippen MR) is 72.3 cm³/mol. The van der Waals surface area contributed by atoms with Gasteiger partial charge in [-0.3, -0.25) is 0 Å². The van der Waals surface area contributed by atoms with E-state index in [1.807, 2.05) is 38.1 Å². The van der Waals surface area contributed by atoms with Crippen molar-refractivity contribution in [3.8, 4) is 0 Å². The molecule has 0 saturated heterocycles. The number of benzene rings is 1. The summed E-state index contributed by atoms with van der Waals surface area (Å²) < 4.78 is 4.86. The summed E-state index contributed by atoms with van der Waals surface area (Å²) >= 11 is 0. The van der Waals surface area contributed by atoms with Crippen molar-refractivity contribution >= 4 is 5.97 Å². The third-order valence-corrected chi connectivity index (χ3v) is 3.34. The number of carbonyl (C=O) groups excluding carboxylic acids is 1. The Bertz CT molecular complexity index is 505. The van der Waals surface area contributed by atoms with Crippen LogP contribution in [0.1, 0.15) is 31.7 Å². The van der Waals surface area contributed by atoms with Crippen molar-refractivity contribution in [1.29, 1.82) is 0 Å². The van der Waals surface area contributed by atoms with E-state index in [0.717, 1.165) is 17.6 Å². The van der Waals surface area contributed by atoms with E-state index in [1.165, 1.54) is 18.2 Å². The maximum atomic E-state index is 11.8. The van der Waals surface area contributed by atoms with Gasteiger partial charge in [-0.15, -0.1) is 0 Å². The van der Waals surface area contributed by atoms with Crippen LogP contribution in [0.5, 0.6) is 0 Å². The minimum absolute atomic E-state index is 0.232. The largest absolute Gasteiger partial charge is 0.465 e. The van der Waals surface area contributed by atoms with Crippen molar-refractivity contribution in [2.24, 2.45) is 0 Å². The topological polar surface area (TPSA) is 26.3 Å². The number of hydrogen-bond donors (Lipinski definition) is 0. The van der Waals surface area contributed by atoms with E-state index >= 15 is 0 Å². The Morgan fingerprint density at radius 2 is 1.89 bits per heavy atom. The van der Waals surface area contributed by atoms with Gasteiger partial charge in [0.1, 0.15) is 0 Å². The van der Waals surface area contributed by atoms with Gasteiger partial charge in [-0.05, 0) is 31.4 Å². The number of ether oxygens (including phenoxy) is 1. The molecule has 0 N–H and O–H groups in total. The summed E-state index contributed by atoms with van der Waals surface area (Å²) in [6.45, 7) is 4.10. The zero-order valence-corrected chi connectivity index (χ0v) is 11.1. The van der Waals surface area contributed by atoms with Gasteiger partial charge in [-0.25, -0.2) is 4.79 Å². The van der Waals surface area contributed by atoms with Crippen LogP contribution < -0.4 is 0 Å². The molecule has 0 aliphatic heterocycles. The number of allylic oxidation sites excluding steroid dienone is 2. The van der Waals surface area contributed by atoms with Crippen molar-refractivity contribution < 1.29 is 9.53 Å². The monoisotopic (exact) mass is 242 g/mol. The van der Waals surface area contributed by atoms with E-state index in [4.69, 9.17) is 4.74 Å². The lowest BCUT2D eigenvalue weighted by Gasteiger charge is -2.16. The molecule has 1 atom stereocenters.